The Morgan fingerprint density at radius 2 is 1.85 bits per heavy atom. The number of amides is 2. The second-order valence-corrected chi connectivity index (χ2v) is 7.74. The standard InChI is InChI=1S/C26H26N2O5/c1-18-26(30)28(15-19-8-6-7-11-23(19)31-2)16-20-14-21(12-13-24(20)33-18)27-25(29)17-32-22-9-4-3-5-10-22/h3-14,18H,15-17H2,1-2H3,(H,27,29)/t18-/m0/s1. The maximum Gasteiger partial charge on any atom is 0.263 e. The molecule has 4 rings (SSSR count). The molecule has 7 nitrogen and oxygen atoms in total. The summed E-state index contributed by atoms with van der Waals surface area (Å²) in [5.74, 6) is 1.59. The molecule has 0 aliphatic carbocycles. The van der Waals surface area contributed by atoms with Crippen molar-refractivity contribution >= 4 is 17.5 Å². The maximum atomic E-state index is 13.0. The first-order chi connectivity index (χ1) is 16.0. The van der Waals surface area contributed by atoms with Crippen molar-refractivity contribution in [1.82, 2.24) is 4.90 Å². The van der Waals surface area contributed by atoms with Crippen LogP contribution in [0.2, 0.25) is 0 Å². The fourth-order valence-electron chi connectivity index (χ4n) is 3.71. The fraction of sp³-hybridized carbons (Fsp3) is 0.231. The Bertz CT molecular complexity index is 1130. The predicted octanol–water partition coefficient (Wildman–Crippen LogP) is 4.02. The topological polar surface area (TPSA) is 77.1 Å². The number of carbonyl (C=O) groups is 2. The Labute approximate surface area is 192 Å². The van der Waals surface area contributed by atoms with Crippen LogP contribution in [-0.2, 0) is 22.7 Å². The van der Waals surface area contributed by atoms with Crippen molar-refractivity contribution in [2.45, 2.75) is 26.1 Å². The second-order valence-electron chi connectivity index (χ2n) is 7.74. The van der Waals surface area contributed by atoms with Gasteiger partial charge in [-0.25, -0.2) is 0 Å². The minimum atomic E-state index is -0.624. The minimum Gasteiger partial charge on any atom is -0.496 e. The third-order valence-electron chi connectivity index (χ3n) is 5.34. The number of benzene rings is 3. The zero-order valence-electron chi connectivity index (χ0n) is 18.6. The zero-order chi connectivity index (χ0) is 23.2. The lowest BCUT2D eigenvalue weighted by atomic mass is 10.1. The quantitative estimate of drug-likeness (QED) is 0.593. The SMILES string of the molecule is COc1ccccc1CN1Cc2cc(NC(=O)COc3ccccc3)ccc2O[C@@H](C)C1=O. The third kappa shape index (κ3) is 5.44. The first kappa shape index (κ1) is 22.2. The Morgan fingerprint density at radius 3 is 2.64 bits per heavy atom. The molecule has 0 bridgehead atoms. The van der Waals surface area contributed by atoms with E-state index >= 15 is 0 Å². The van der Waals surface area contributed by atoms with Crippen molar-refractivity contribution in [2.75, 3.05) is 19.0 Å². The maximum absolute atomic E-state index is 13.0. The van der Waals surface area contributed by atoms with E-state index in [4.69, 9.17) is 14.2 Å². The molecule has 0 saturated heterocycles. The van der Waals surface area contributed by atoms with Gasteiger partial charge in [0.15, 0.2) is 12.7 Å². The van der Waals surface area contributed by atoms with Gasteiger partial charge in [-0.3, -0.25) is 9.59 Å². The third-order valence-corrected chi connectivity index (χ3v) is 5.34. The molecule has 7 heteroatoms. The summed E-state index contributed by atoms with van der Waals surface area (Å²) in [4.78, 5) is 27.1. The number of hydrogen-bond donors (Lipinski definition) is 1. The first-order valence-corrected chi connectivity index (χ1v) is 10.7. The molecule has 0 aromatic heterocycles. The Hall–Kier alpha value is -4.00. The molecule has 2 amide bonds. The number of nitrogens with one attached hydrogen (secondary N) is 1. The lowest BCUT2D eigenvalue weighted by Crippen LogP contribution is -2.37. The van der Waals surface area contributed by atoms with E-state index < -0.39 is 6.10 Å². The average Bonchev–Trinajstić information content (AvgIpc) is 2.95. The van der Waals surface area contributed by atoms with E-state index in [9.17, 15) is 9.59 Å². The normalized spacial score (nSPS) is 15.2. The molecular weight excluding hydrogens is 420 g/mol. The molecule has 3 aromatic rings. The predicted molar refractivity (Wildman–Crippen MR) is 124 cm³/mol. The number of methoxy groups -OCH3 is 1. The van der Waals surface area contributed by atoms with Gasteiger partial charge in [0, 0.05) is 29.9 Å². The van der Waals surface area contributed by atoms with Crippen LogP contribution in [0, 0.1) is 0 Å². The van der Waals surface area contributed by atoms with Crippen LogP contribution in [0.4, 0.5) is 5.69 Å². The van der Waals surface area contributed by atoms with E-state index in [-0.39, 0.29) is 18.4 Å². The number of ether oxygens (including phenoxy) is 3. The monoisotopic (exact) mass is 446 g/mol. The zero-order valence-corrected chi connectivity index (χ0v) is 18.6. The average molecular weight is 447 g/mol. The van der Waals surface area contributed by atoms with E-state index in [1.807, 2.05) is 48.5 Å². The highest BCUT2D eigenvalue weighted by Gasteiger charge is 2.28. The van der Waals surface area contributed by atoms with Crippen LogP contribution >= 0.6 is 0 Å². The smallest absolute Gasteiger partial charge is 0.263 e. The van der Waals surface area contributed by atoms with Crippen molar-refractivity contribution in [1.29, 1.82) is 0 Å². The molecule has 3 aromatic carbocycles. The van der Waals surface area contributed by atoms with Gasteiger partial charge >= 0.3 is 0 Å². The number of hydrogen-bond acceptors (Lipinski definition) is 5. The summed E-state index contributed by atoms with van der Waals surface area (Å²) in [7, 11) is 1.61. The van der Waals surface area contributed by atoms with Gasteiger partial charge in [0.25, 0.3) is 11.8 Å². The molecule has 1 heterocycles. The largest absolute Gasteiger partial charge is 0.496 e. The molecule has 1 aliphatic rings. The summed E-state index contributed by atoms with van der Waals surface area (Å²) in [5.41, 5.74) is 2.33. The molecule has 0 spiro atoms. The van der Waals surface area contributed by atoms with Crippen molar-refractivity contribution in [2.24, 2.45) is 0 Å². The summed E-state index contributed by atoms with van der Waals surface area (Å²) in [5, 5.41) is 2.84. The van der Waals surface area contributed by atoms with Gasteiger partial charge in [-0.1, -0.05) is 36.4 Å². The number of fused-ring (bicyclic) bond motifs is 1. The van der Waals surface area contributed by atoms with Crippen molar-refractivity contribution in [3.63, 3.8) is 0 Å². The molecule has 0 unspecified atom stereocenters. The summed E-state index contributed by atoms with van der Waals surface area (Å²) in [6.45, 7) is 2.37. The van der Waals surface area contributed by atoms with Crippen LogP contribution < -0.4 is 19.5 Å². The van der Waals surface area contributed by atoms with Crippen molar-refractivity contribution in [3.8, 4) is 17.2 Å². The summed E-state index contributed by atoms with van der Waals surface area (Å²) >= 11 is 0. The lowest BCUT2D eigenvalue weighted by Gasteiger charge is -2.23. The number of rotatable bonds is 7. The minimum absolute atomic E-state index is 0.104. The highest BCUT2D eigenvalue weighted by Crippen LogP contribution is 2.30. The fourth-order valence-corrected chi connectivity index (χ4v) is 3.71. The summed E-state index contributed by atoms with van der Waals surface area (Å²) in [6, 6.07) is 22.1. The molecule has 1 N–H and O–H groups in total. The van der Waals surface area contributed by atoms with Crippen LogP contribution in [0.1, 0.15) is 18.1 Å². The number of carbonyl (C=O) groups excluding carboxylic acids is 2. The molecule has 170 valence electrons. The highest BCUT2D eigenvalue weighted by molar-refractivity contribution is 5.92. The van der Waals surface area contributed by atoms with Gasteiger partial charge in [-0.05, 0) is 43.3 Å². The lowest BCUT2D eigenvalue weighted by molar-refractivity contribution is -0.138. The Morgan fingerprint density at radius 1 is 1.09 bits per heavy atom. The van der Waals surface area contributed by atoms with Gasteiger partial charge in [-0.15, -0.1) is 0 Å². The van der Waals surface area contributed by atoms with Crippen LogP contribution in [-0.4, -0.2) is 36.5 Å². The number of para-hydroxylation sites is 2. The van der Waals surface area contributed by atoms with Gasteiger partial charge in [-0.2, -0.15) is 0 Å². The van der Waals surface area contributed by atoms with E-state index in [1.54, 1.807) is 43.2 Å². The molecule has 0 radical (unpaired) electrons. The summed E-state index contributed by atoms with van der Waals surface area (Å²) in [6.07, 6.45) is -0.624. The van der Waals surface area contributed by atoms with E-state index in [2.05, 4.69) is 5.32 Å². The number of anilines is 1. The molecular formula is C26H26N2O5. The molecule has 0 saturated carbocycles. The molecule has 1 atom stereocenters. The Balaban J connectivity index is 1.48. The highest BCUT2D eigenvalue weighted by atomic mass is 16.5. The molecule has 0 fully saturated rings. The van der Waals surface area contributed by atoms with Crippen LogP contribution in [0.15, 0.2) is 72.8 Å². The molecule has 33 heavy (non-hydrogen) atoms. The van der Waals surface area contributed by atoms with Gasteiger partial charge in [0.1, 0.15) is 17.2 Å². The van der Waals surface area contributed by atoms with Crippen LogP contribution in [0.5, 0.6) is 17.2 Å². The van der Waals surface area contributed by atoms with E-state index in [0.717, 1.165) is 16.9 Å². The van der Waals surface area contributed by atoms with Gasteiger partial charge < -0.3 is 24.4 Å². The second kappa shape index (κ2) is 10.1. The van der Waals surface area contributed by atoms with Gasteiger partial charge in [0.2, 0.25) is 0 Å². The number of nitrogens with zero attached hydrogens (tertiary/aromatic N) is 1. The van der Waals surface area contributed by atoms with Crippen molar-refractivity contribution in [3.05, 3.63) is 83.9 Å². The summed E-state index contributed by atoms with van der Waals surface area (Å²) < 4.78 is 16.8. The van der Waals surface area contributed by atoms with E-state index in [1.165, 1.54) is 0 Å². The van der Waals surface area contributed by atoms with Crippen molar-refractivity contribution < 1.29 is 23.8 Å². The van der Waals surface area contributed by atoms with Crippen LogP contribution in [0.3, 0.4) is 0 Å². The van der Waals surface area contributed by atoms with Gasteiger partial charge in [0.05, 0.1) is 7.11 Å². The first-order valence-electron chi connectivity index (χ1n) is 10.7. The molecule has 1 aliphatic heterocycles. The Kier molecular flexibility index (Phi) is 6.78. The van der Waals surface area contributed by atoms with Crippen LogP contribution in [0.25, 0.3) is 0 Å². The van der Waals surface area contributed by atoms with E-state index in [0.29, 0.717) is 30.3 Å².